The van der Waals surface area contributed by atoms with Gasteiger partial charge in [0.15, 0.2) is 0 Å². The second-order valence-electron chi connectivity index (χ2n) is 4.77. The number of nitrogens with one attached hydrogen (secondary N) is 1. The van der Waals surface area contributed by atoms with Gasteiger partial charge in [0, 0.05) is 11.9 Å². The lowest BCUT2D eigenvalue weighted by atomic mass is 9.88. The molecule has 1 aromatic rings. The predicted octanol–water partition coefficient (Wildman–Crippen LogP) is 2.41. The van der Waals surface area contributed by atoms with Crippen molar-refractivity contribution in [2.45, 2.75) is 26.7 Å². The Labute approximate surface area is 110 Å². The second-order valence-corrected chi connectivity index (χ2v) is 5.56. The third kappa shape index (κ3) is 5.26. The average Bonchev–Trinajstić information content (AvgIpc) is 2.35. The summed E-state index contributed by atoms with van der Waals surface area (Å²) in [7, 11) is 0. The molecule has 0 aliphatic rings. The lowest BCUT2D eigenvalue weighted by molar-refractivity contribution is 0.0934. The van der Waals surface area contributed by atoms with E-state index in [2.05, 4.69) is 45.3 Å². The first-order chi connectivity index (χ1) is 8.05. The molecular weight excluding hydrogens is 282 g/mol. The molecule has 1 N–H and O–H groups in total. The summed E-state index contributed by atoms with van der Waals surface area (Å²) in [6, 6.07) is 1.66. The smallest absolute Gasteiger partial charge is 0.252 e. The van der Waals surface area contributed by atoms with Crippen molar-refractivity contribution in [3.8, 4) is 0 Å². The summed E-state index contributed by atoms with van der Waals surface area (Å²) < 4.78 is 0. The molecule has 1 aromatic heterocycles. The van der Waals surface area contributed by atoms with Crippen molar-refractivity contribution in [1.29, 1.82) is 0 Å². The fourth-order valence-corrected chi connectivity index (χ4v) is 1.76. The monoisotopic (exact) mass is 299 g/mol. The van der Waals surface area contributed by atoms with Crippen LogP contribution in [0.5, 0.6) is 0 Å². The van der Waals surface area contributed by atoms with Gasteiger partial charge in [-0.25, -0.2) is 0 Å². The van der Waals surface area contributed by atoms with Crippen molar-refractivity contribution >= 4 is 21.8 Å². The van der Waals surface area contributed by atoms with Crippen molar-refractivity contribution in [1.82, 2.24) is 15.5 Å². The maximum absolute atomic E-state index is 11.8. The Hall–Kier alpha value is -0.970. The van der Waals surface area contributed by atoms with Gasteiger partial charge in [0.1, 0.15) is 0 Å². The van der Waals surface area contributed by atoms with Crippen LogP contribution in [0, 0.1) is 5.41 Å². The molecule has 0 saturated heterocycles. The number of alkyl halides is 1. The van der Waals surface area contributed by atoms with Crippen LogP contribution in [-0.2, 0) is 0 Å². The van der Waals surface area contributed by atoms with Gasteiger partial charge >= 0.3 is 0 Å². The summed E-state index contributed by atoms with van der Waals surface area (Å²) in [6.45, 7) is 4.97. The number of hydrogen-bond acceptors (Lipinski definition) is 3. The van der Waals surface area contributed by atoms with E-state index >= 15 is 0 Å². The molecule has 4 nitrogen and oxygen atoms in total. The van der Waals surface area contributed by atoms with E-state index in [1.54, 1.807) is 6.07 Å². The fourth-order valence-electron chi connectivity index (χ4n) is 1.48. The maximum atomic E-state index is 11.8. The zero-order valence-electron chi connectivity index (χ0n) is 10.2. The molecular formula is C12H18BrN3O. The average molecular weight is 300 g/mol. The highest BCUT2D eigenvalue weighted by Gasteiger charge is 2.18. The molecule has 0 aliphatic carbocycles. The van der Waals surface area contributed by atoms with Crippen LogP contribution in [0.25, 0.3) is 0 Å². The van der Waals surface area contributed by atoms with Crippen LogP contribution in [0.1, 0.15) is 37.0 Å². The third-order valence-electron chi connectivity index (χ3n) is 2.56. The van der Waals surface area contributed by atoms with E-state index < -0.39 is 0 Å². The standard InChI is InChI=1S/C12H18BrN3O/c1-12(2,5-3-6-13)9-14-11(17)10-4-7-15-16-8-10/h4,7-8H,3,5-6,9H2,1-2H3,(H,14,17). The topological polar surface area (TPSA) is 54.9 Å². The molecule has 1 rings (SSSR count). The minimum Gasteiger partial charge on any atom is -0.351 e. The summed E-state index contributed by atoms with van der Waals surface area (Å²) in [5, 5.41) is 11.2. The largest absolute Gasteiger partial charge is 0.351 e. The molecule has 0 aliphatic heterocycles. The summed E-state index contributed by atoms with van der Waals surface area (Å²) in [5.41, 5.74) is 0.667. The summed E-state index contributed by atoms with van der Waals surface area (Å²) in [6.07, 6.45) is 5.18. The van der Waals surface area contributed by atoms with Gasteiger partial charge in [0.05, 0.1) is 18.0 Å². The van der Waals surface area contributed by atoms with Crippen LogP contribution < -0.4 is 5.32 Å². The van der Waals surface area contributed by atoms with Crippen LogP contribution in [0.15, 0.2) is 18.5 Å². The van der Waals surface area contributed by atoms with Crippen molar-refractivity contribution in [3.05, 3.63) is 24.0 Å². The molecule has 1 amide bonds. The highest BCUT2D eigenvalue weighted by molar-refractivity contribution is 9.09. The number of nitrogens with zero attached hydrogens (tertiary/aromatic N) is 2. The highest BCUT2D eigenvalue weighted by atomic mass is 79.9. The van der Waals surface area contributed by atoms with E-state index in [-0.39, 0.29) is 11.3 Å². The minimum atomic E-state index is -0.0909. The van der Waals surface area contributed by atoms with E-state index in [4.69, 9.17) is 0 Å². The first-order valence-corrected chi connectivity index (χ1v) is 6.78. The van der Waals surface area contributed by atoms with E-state index in [1.165, 1.54) is 12.4 Å². The van der Waals surface area contributed by atoms with E-state index in [9.17, 15) is 4.79 Å². The van der Waals surface area contributed by atoms with Gasteiger partial charge in [-0.3, -0.25) is 4.79 Å². The minimum absolute atomic E-state index is 0.0909. The summed E-state index contributed by atoms with van der Waals surface area (Å²) in [5.74, 6) is -0.0909. The number of amides is 1. The van der Waals surface area contributed by atoms with Gasteiger partial charge in [-0.05, 0) is 24.3 Å². The fraction of sp³-hybridized carbons (Fsp3) is 0.583. The first-order valence-electron chi connectivity index (χ1n) is 5.66. The van der Waals surface area contributed by atoms with Gasteiger partial charge < -0.3 is 5.32 Å². The quantitative estimate of drug-likeness (QED) is 0.821. The van der Waals surface area contributed by atoms with Crippen molar-refractivity contribution < 1.29 is 4.79 Å². The van der Waals surface area contributed by atoms with Crippen LogP contribution in [0.2, 0.25) is 0 Å². The number of rotatable bonds is 6. The van der Waals surface area contributed by atoms with Gasteiger partial charge in [0.25, 0.3) is 5.91 Å². The molecule has 0 unspecified atom stereocenters. The Morgan fingerprint density at radius 3 is 2.82 bits per heavy atom. The Kier molecular flexibility index (Phi) is 5.55. The second kappa shape index (κ2) is 6.69. The number of aromatic nitrogens is 2. The number of carbonyl (C=O) groups excluding carboxylic acids is 1. The molecule has 0 bridgehead atoms. The summed E-state index contributed by atoms with van der Waals surface area (Å²) in [4.78, 5) is 11.8. The molecule has 0 radical (unpaired) electrons. The van der Waals surface area contributed by atoms with Gasteiger partial charge in [-0.2, -0.15) is 10.2 Å². The predicted molar refractivity (Wildman–Crippen MR) is 71.2 cm³/mol. The lowest BCUT2D eigenvalue weighted by Crippen LogP contribution is -2.34. The number of carbonyl (C=O) groups is 1. The van der Waals surface area contributed by atoms with Crippen molar-refractivity contribution in [2.24, 2.45) is 5.41 Å². The SMILES string of the molecule is CC(C)(CCCBr)CNC(=O)c1ccnnc1. The lowest BCUT2D eigenvalue weighted by Gasteiger charge is -2.24. The van der Waals surface area contributed by atoms with Gasteiger partial charge in [-0.1, -0.05) is 29.8 Å². The molecule has 17 heavy (non-hydrogen) atoms. The number of halogens is 1. The summed E-state index contributed by atoms with van der Waals surface area (Å²) >= 11 is 3.42. The Balaban J connectivity index is 2.43. The molecule has 0 fully saturated rings. The van der Waals surface area contributed by atoms with Gasteiger partial charge in [-0.15, -0.1) is 0 Å². The van der Waals surface area contributed by atoms with E-state index in [0.29, 0.717) is 12.1 Å². The molecule has 5 heteroatoms. The number of hydrogen-bond donors (Lipinski definition) is 1. The van der Waals surface area contributed by atoms with E-state index in [0.717, 1.165) is 18.2 Å². The molecule has 1 heterocycles. The zero-order valence-corrected chi connectivity index (χ0v) is 11.8. The Morgan fingerprint density at radius 2 is 2.24 bits per heavy atom. The highest BCUT2D eigenvalue weighted by Crippen LogP contribution is 2.21. The van der Waals surface area contributed by atoms with E-state index in [1.807, 2.05) is 0 Å². The van der Waals surface area contributed by atoms with Crippen molar-refractivity contribution in [2.75, 3.05) is 11.9 Å². The van der Waals surface area contributed by atoms with Crippen LogP contribution >= 0.6 is 15.9 Å². The third-order valence-corrected chi connectivity index (χ3v) is 3.12. The van der Waals surface area contributed by atoms with Crippen molar-refractivity contribution in [3.63, 3.8) is 0 Å². The molecule has 0 spiro atoms. The molecule has 0 aromatic carbocycles. The molecule has 0 saturated carbocycles. The zero-order chi connectivity index (χ0) is 12.7. The Morgan fingerprint density at radius 1 is 1.47 bits per heavy atom. The maximum Gasteiger partial charge on any atom is 0.252 e. The molecule has 0 atom stereocenters. The van der Waals surface area contributed by atoms with Crippen LogP contribution in [0.4, 0.5) is 0 Å². The normalized spacial score (nSPS) is 11.2. The molecule has 94 valence electrons. The van der Waals surface area contributed by atoms with Crippen LogP contribution in [0.3, 0.4) is 0 Å². The first kappa shape index (κ1) is 14.1. The van der Waals surface area contributed by atoms with Gasteiger partial charge in [0.2, 0.25) is 0 Å². The van der Waals surface area contributed by atoms with Crippen LogP contribution in [-0.4, -0.2) is 28.0 Å². The Bertz CT molecular complexity index is 354.